The monoisotopic (exact) mass is 394 g/mol. The molecule has 0 aliphatic heterocycles. The molecule has 0 saturated heterocycles. The lowest BCUT2D eigenvalue weighted by Crippen LogP contribution is -2.12. The normalized spacial score (nSPS) is 12.5. The van der Waals surface area contributed by atoms with Crippen LogP contribution in [0.2, 0.25) is 0 Å². The van der Waals surface area contributed by atoms with Gasteiger partial charge in [-0.15, -0.1) is 0 Å². The molecule has 0 heterocycles. The second-order valence-electron chi connectivity index (χ2n) is 8.21. The minimum absolute atomic E-state index is 0.111. The second kappa shape index (κ2) is 20.6. The molecule has 0 saturated carbocycles. The van der Waals surface area contributed by atoms with Crippen LogP contribution >= 0.6 is 0 Å². The van der Waals surface area contributed by atoms with Gasteiger partial charge >= 0.3 is 5.97 Å². The number of unbranched alkanes of at least 4 members (excludes halogenated alkanes) is 12. The lowest BCUT2D eigenvalue weighted by atomic mass is 9.92. The van der Waals surface area contributed by atoms with Crippen molar-refractivity contribution >= 4 is 11.8 Å². The van der Waals surface area contributed by atoms with Gasteiger partial charge in [0.15, 0.2) is 0 Å². The average Bonchev–Trinajstić information content (AvgIpc) is 2.67. The SMILES string of the molecule is CCCCCCCCC(/C=C/CCCCCCC(=O)O)C(=O)CCCCCC. The van der Waals surface area contributed by atoms with Gasteiger partial charge in [-0.25, -0.2) is 0 Å². The summed E-state index contributed by atoms with van der Waals surface area (Å²) in [4.78, 5) is 23.1. The van der Waals surface area contributed by atoms with Crippen LogP contribution in [-0.2, 0) is 9.59 Å². The molecule has 0 rings (SSSR count). The highest BCUT2D eigenvalue weighted by Gasteiger charge is 2.14. The van der Waals surface area contributed by atoms with E-state index in [1.165, 1.54) is 51.4 Å². The standard InChI is InChI=1S/C25H46O3/c1-3-5-7-9-12-15-19-23(24(26)21-17-8-6-4-2)20-16-13-10-11-14-18-22-25(27)28/h16,20,23H,3-15,17-19,21-22H2,1-2H3,(H,27,28)/b20-16+. The number of carbonyl (C=O) groups is 2. The predicted molar refractivity (Wildman–Crippen MR) is 120 cm³/mol. The van der Waals surface area contributed by atoms with Gasteiger partial charge < -0.3 is 5.11 Å². The molecule has 1 N–H and O–H groups in total. The zero-order valence-corrected chi connectivity index (χ0v) is 18.7. The number of Topliss-reactive ketones (excluding diaryl/α,β-unsaturated/α-hetero) is 1. The van der Waals surface area contributed by atoms with Crippen LogP contribution in [0.25, 0.3) is 0 Å². The van der Waals surface area contributed by atoms with Crippen molar-refractivity contribution in [3.05, 3.63) is 12.2 Å². The summed E-state index contributed by atoms with van der Waals surface area (Å²) in [6, 6.07) is 0. The molecule has 0 radical (unpaired) electrons. The van der Waals surface area contributed by atoms with Crippen LogP contribution in [0.4, 0.5) is 0 Å². The Labute approximate surface area is 174 Å². The van der Waals surface area contributed by atoms with Crippen LogP contribution in [0, 0.1) is 5.92 Å². The van der Waals surface area contributed by atoms with E-state index >= 15 is 0 Å². The summed E-state index contributed by atoms with van der Waals surface area (Å²) in [5, 5.41) is 8.65. The number of allylic oxidation sites excluding steroid dienone is 2. The van der Waals surface area contributed by atoms with Crippen LogP contribution in [0.1, 0.15) is 129 Å². The Morgan fingerprint density at radius 2 is 1.25 bits per heavy atom. The molecule has 1 atom stereocenters. The Kier molecular flexibility index (Phi) is 19.8. The first-order chi connectivity index (χ1) is 13.6. The largest absolute Gasteiger partial charge is 0.481 e. The fourth-order valence-corrected chi connectivity index (χ4v) is 3.57. The lowest BCUT2D eigenvalue weighted by molar-refractivity contribution is -0.137. The number of carboxylic acids is 1. The van der Waals surface area contributed by atoms with Crippen LogP contribution < -0.4 is 0 Å². The Morgan fingerprint density at radius 3 is 1.93 bits per heavy atom. The molecule has 1 unspecified atom stereocenters. The molecule has 0 aromatic carbocycles. The molecule has 0 aromatic heterocycles. The number of aliphatic carboxylic acids is 1. The van der Waals surface area contributed by atoms with Gasteiger partial charge in [-0.05, 0) is 32.1 Å². The highest BCUT2D eigenvalue weighted by atomic mass is 16.4. The number of carbonyl (C=O) groups excluding carboxylic acids is 1. The van der Waals surface area contributed by atoms with Crippen molar-refractivity contribution in [3.63, 3.8) is 0 Å². The molecule has 0 aromatic rings. The Hall–Kier alpha value is -1.12. The second-order valence-corrected chi connectivity index (χ2v) is 8.21. The van der Waals surface area contributed by atoms with Gasteiger partial charge in [-0.1, -0.05) is 96.6 Å². The Bertz CT molecular complexity index is 401. The van der Waals surface area contributed by atoms with Crippen molar-refractivity contribution in [3.8, 4) is 0 Å². The molecule has 3 nitrogen and oxygen atoms in total. The third-order valence-electron chi connectivity index (χ3n) is 5.44. The fraction of sp³-hybridized carbons (Fsp3) is 0.840. The van der Waals surface area contributed by atoms with Crippen molar-refractivity contribution in [1.82, 2.24) is 0 Å². The maximum atomic E-state index is 12.6. The van der Waals surface area contributed by atoms with Gasteiger partial charge in [0.2, 0.25) is 0 Å². The van der Waals surface area contributed by atoms with E-state index in [0.29, 0.717) is 5.78 Å². The summed E-state index contributed by atoms with van der Waals surface area (Å²) in [6.45, 7) is 4.44. The van der Waals surface area contributed by atoms with E-state index < -0.39 is 5.97 Å². The van der Waals surface area contributed by atoms with E-state index in [2.05, 4.69) is 26.0 Å². The maximum absolute atomic E-state index is 12.6. The minimum Gasteiger partial charge on any atom is -0.481 e. The smallest absolute Gasteiger partial charge is 0.303 e. The topological polar surface area (TPSA) is 54.4 Å². The van der Waals surface area contributed by atoms with E-state index in [1.807, 2.05) is 0 Å². The molecule has 3 heteroatoms. The molecule has 0 bridgehead atoms. The van der Waals surface area contributed by atoms with Crippen molar-refractivity contribution in [2.24, 2.45) is 5.92 Å². The number of ketones is 1. The zero-order valence-electron chi connectivity index (χ0n) is 18.7. The van der Waals surface area contributed by atoms with Crippen molar-refractivity contribution in [2.75, 3.05) is 0 Å². The summed E-state index contributed by atoms with van der Waals surface area (Å²) in [6.07, 6.45) is 23.6. The van der Waals surface area contributed by atoms with Crippen LogP contribution in [-0.4, -0.2) is 16.9 Å². The molecule has 0 fully saturated rings. The van der Waals surface area contributed by atoms with Gasteiger partial charge in [-0.3, -0.25) is 9.59 Å². The minimum atomic E-state index is -0.699. The third-order valence-corrected chi connectivity index (χ3v) is 5.44. The van der Waals surface area contributed by atoms with Gasteiger partial charge in [0.1, 0.15) is 5.78 Å². The van der Waals surface area contributed by atoms with Crippen LogP contribution in [0.15, 0.2) is 12.2 Å². The van der Waals surface area contributed by atoms with Crippen LogP contribution in [0.3, 0.4) is 0 Å². The molecular formula is C25H46O3. The first-order valence-electron chi connectivity index (χ1n) is 12.0. The summed E-state index contributed by atoms with van der Waals surface area (Å²) >= 11 is 0. The summed E-state index contributed by atoms with van der Waals surface area (Å²) < 4.78 is 0. The van der Waals surface area contributed by atoms with Gasteiger partial charge in [0.05, 0.1) is 0 Å². The quantitative estimate of drug-likeness (QED) is 0.159. The molecule has 28 heavy (non-hydrogen) atoms. The van der Waals surface area contributed by atoms with Crippen molar-refractivity contribution < 1.29 is 14.7 Å². The zero-order chi connectivity index (χ0) is 20.9. The summed E-state index contributed by atoms with van der Waals surface area (Å²) in [5.74, 6) is -0.155. The van der Waals surface area contributed by atoms with Crippen molar-refractivity contribution in [1.29, 1.82) is 0 Å². The van der Waals surface area contributed by atoms with Crippen LogP contribution in [0.5, 0.6) is 0 Å². The Morgan fingerprint density at radius 1 is 0.714 bits per heavy atom. The van der Waals surface area contributed by atoms with Crippen molar-refractivity contribution in [2.45, 2.75) is 129 Å². The first kappa shape index (κ1) is 26.9. The third kappa shape index (κ3) is 18.3. The first-order valence-corrected chi connectivity index (χ1v) is 12.0. The van der Waals surface area contributed by atoms with E-state index in [1.54, 1.807) is 0 Å². The molecule has 0 aliphatic carbocycles. The van der Waals surface area contributed by atoms with E-state index in [0.717, 1.165) is 57.8 Å². The van der Waals surface area contributed by atoms with E-state index in [9.17, 15) is 9.59 Å². The number of carboxylic acid groups (broad SMARTS) is 1. The number of hydrogen-bond acceptors (Lipinski definition) is 2. The van der Waals surface area contributed by atoms with E-state index in [-0.39, 0.29) is 12.3 Å². The highest BCUT2D eigenvalue weighted by molar-refractivity contribution is 5.82. The molecule has 0 spiro atoms. The lowest BCUT2D eigenvalue weighted by Gasteiger charge is -2.12. The fourth-order valence-electron chi connectivity index (χ4n) is 3.57. The average molecular weight is 395 g/mol. The maximum Gasteiger partial charge on any atom is 0.303 e. The summed E-state index contributed by atoms with van der Waals surface area (Å²) in [7, 11) is 0. The predicted octanol–water partition coefficient (Wildman–Crippen LogP) is 7.87. The molecule has 0 aliphatic rings. The molecule has 0 amide bonds. The highest BCUT2D eigenvalue weighted by Crippen LogP contribution is 2.18. The van der Waals surface area contributed by atoms with E-state index in [4.69, 9.17) is 5.11 Å². The molecular weight excluding hydrogens is 348 g/mol. The summed E-state index contributed by atoms with van der Waals surface area (Å²) in [5.41, 5.74) is 0. The van der Waals surface area contributed by atoms with Gasteiger partial charge in [0.25, 0.3) is 0 Å². The Balaban J connectivity index is 4.15. The van der Waals surface area contributed by atoms with Gasteiger partial charge in [-0.2, -0.15) is 0 Å². The number of hydrogen-bond donors (Lipinski definition) is 1. The van der Waals surface area contributed by atoms with Gasteiger partial charge in [0, 0.05) is 18.8 Å². The molecule has 164 valence electrons. The number of rotatable bonds is 21.